The molecule has 0 amide bonds. The molecule has 0 fully saturated rings. The van der Waals surface area contributed by atoms with E-state index in [1.807, 2.05) is 0 Å². The van der Waals surface area contributed by atoms with Crippen molar-refractivity contribution >= 4 is 5.69 Å². The number of hydrogen-bond donors (Lipinski definition) is 2. The molecule has 2 N–H and O–H groups in total. The lowest BCUT2D eigenvalue weighted by Gasteiger charge is -2.42. The van der Waals surface area contributed by atoms with E-state index < -0.39 is 23.3 Å². The Hall–Kier alpha value is -1.16. The third-order valence-corrected chi connectivity index (χ3v) is 3.22. The molecule has 0 unspecified atom stereocenters. The van der Waals surface area contributed by atoms with Crippen LogP contribution < -0.4 is 5.32 Å². The van der Waals surface area contributed by atoms with Gasteiger partial charge in [-0.2, -0.15) is 0 Å². The molecule has 1 aliphatic rings. The Labute approximate surface area is 93.3 Å². The molecular weight excluding hydrogens is 212 g/mol. The van der Waals surface area contributed by atoms with Gasteiger partial charge >= 0.3 is 0 Å². The van der Waals surface area contributed by atoms with Crippen molar-refractivity contribution < 1.29 is 13.9 Å². The Kier molecular flexibility index (Phi) is 2.42. The van der Waals surface area contributed by atoms with Crippen LogP contribution in [0.4, 0.5) is 14.5 Å². The first-order chi connectivity index (χ1) is 7.33. The first-order valence-electron chi connectivity index (χ1n) is 5.28. The van der Waals surface area contributed by atoms with Crippen LogP contribution >= 0.6 is 0 Å². The van der Waals surface area contributed by atoms with Crippen molar-refractivity contribution in [3.8, 4) is 0 Å². The van der Waals surface area contributed by atoms with Gasteiger partial charge in [-0.05, 0) is 19.9 Å². The number of nitrogens with one attached hydrogen (secondary N) is 1. The minimum Gasteiger partial charge on any atom is -0.390 e. The number of hydrogen-bond acceptors (Lipinski definition) is 2. The van der Waals surface area contributed by atoms with Crippen molar-refractivity contribution in [2.45, 2.75) is 38.3 Å². The van der Waals surface area contributed by atoms with Gasteiger partial charge in [0.25, 0.3) is 0 Å². The average molecular weight is 227 g/mol. The van der Waals surface area contributed by atoms with E-state index in [9.17, 15) is 13.9 Å². The molecule has 0 saturated heterocycles. The summed E-state index contributed by atoms with van der Waals surface area (Å²) in [6, 6.07) is 2.12. The molecule has 88 valence electrons. The molecule has 2 atom stereocenters. The van der Waals surface area contributed by atoms with Crippen LogP contribution in [0.1, 0.15) is 32.3 Å². The summed E-state index contributed by atoms with van der Waals surface area (Å²) in [5, 5.41) is 13.0. The summed E-state index contributed by atoms with van der Waals surface area (Å²) in [4.78, 5) is 0. The van der Waals surface area contributed by atoms with Gasteiger partial charge in [0.2, 0.25) is 0 Å². The second-order valence-corrected chi connectivity index (χ2v) is 4.93. The second-order valence-electron chi connectivity index (χ2n) is 4.93. The normalized spacial score (nSPS) is 27.1. The standard InChI is InChI=1S/C12H15F2NO/c1-6-10-8(14)4-7(13)5-9(10)15-12(2,3)11(6)16/h4-6,11,15-16H,1-3H3/t6-,11+/m0/s1. The SMILES string of the molecule is C[C@H]1c2c(F)cc(F)cc2NC(C)(C)[C@@H]1O. The monoisotopic (exact) mass is 227 g/mol. The highest BCUT2D eigenvalue weighted by atomic mass is 19.1. The first kappa shape index (κ1) is 11.3. The summed E-state index contributed by atoms with van der Waals surface area (Å²) in [5.74, 6) is -1.57. The molecule has 0 aromatic heterocycles. The van der Waals surface area contributed by atoms with Crippen LogP contribution in [0, 0.1) is 11.6 Å². The highest BCUT2D eigenvalue weighted by Crippen LogP contribution is 2.40. The van der Waals surface area contributed by atoms with Gasteiger partial charge in [-0.25, -0.2) is 8.78 Å². The summed E-state index contributed by atoms with van der Waals surface area (Å²) < 4.78 is 26.7. The fourth-order valence-electron chi connectivity index (χ4n) is 2.35. The Morgan fingerprint density at radius 2 is 1.94 bits per heavy atom. The minimum atomic E-state index is -0.708. The van der Waals surface area contributed by atoms with Crippen molar-refractivity contribution in [2.75, 3.05) is 5.32 Å². The van der Waals surface area contributed by atoms with Gasteiger partial charge in [-0.3, -0.25) is 0 Å². The van der Waals surface area contributed by atoms with Gasteiger partial charge in [0.15, 0.2) is 0 Å². The van der Waals surface area contributed by atoms with Crippen LogP contribution in [0.3, 0.4) is 0 Å². The van der Waals surface area contributed by atoms with E-state index in [4.69, 9.17) is 0 Å². The van der Waals surface area contributed by atoms with E-state index in [2.05, 4.69) is 5.32 Å². The number of rotatable bonds is 0. The largest absolute Gasteiger partial charge is 0.390 e. The van der Waals surface area contributed by atoms with Crippen LogP contribution in [0.25, 0.3) is 0 Å². The van der Waals surface area contributed by atoms with E-state index in [-0.39, 0.29) is 5.92 Å². The zero-order chi connectivity index (χ0) is 12.1. The Balaban J connectivity index is 2.59. The lowest BCUT2D eigenvalue weighted by Crippen LogP contribution is -2.50. The molecular formula is C12H15F2NO. The topological polar surface area (TPSA) is 32.3 Å². The molecule has 1 aliphatic heterocycles. The van der Waals surface area contributed by atoms with Crippen molar-refractivity contribution in [3.05, 3.63) is 29.3 Å². The number of anilines is 1. The maximum atomic E-state index is 13.6. The molecule has 0 saturated carbocycles. The van der Waals surface area contributed by atoms with Crippen molar-refractivity contribution in [1.29, 1.82) is 0 Å². The Morgan fingerprint density at radius 1 is 1.31 bits per heavy atom. The molecule has 2 rings (SSSR count). The maximum absolute atomic E-state index is 13.6. The summed E-state index contributed by atoms with van der Waals surface area (Å²) in [5.41, 5.74) is 0.195. The van der Waals surface area contributed by atoms with Crippen LogP contribution in [-0.4, -0.2) is 16.7 Å². The minimum absolute atomic E-state index is 0.355. The zero-order valence-electron chi connectivity index (χ0n) is 9.51. The van der Waals surface area contributed by atoms with E-state index in [0.717, 1.165) is 6.07 Å². The fraction of sp³-hybridized carbons (Fsp3) is 0.500. The lowest BCUT2D eigenvalue weighted by molar-refractivity contribution is 0.0854. The third-order valence-electron chi connectivity index (χ3n) is 3.22. The molecule has 0 radical (unpaired) electrons. The quantitative estimate of drug-likeness (QED) is 0.714. The van der Waals surface area contributed by atoms with Crippen LogP contribution in [0.2, 0.25) is 0 Å². The van der Waals surface area contributed by atoms with Crippen molar-refractivity contribution in [1.82, 2.24) is 0 Å². The molecule has 0 aliphatic carbocycles. The number of aliphatic hydroxyl groups is 1. The fourth-order valence-corrected chi connectivity index (χ4v) is 2.35. The van der Waals surface area contributed by atoms with Gasteiger partial charge in [0.1, 0.15) is 11.6 Å². The highest BCUT2D eigenvalue weighted by molar-refractivity contribution is 5.58. The van der Waals surface area contributed by atoms with Gasteiger partial charge in [-0.1, -0.05) is 6.92 Å². The lowest BCUT2D eigenvalue weighted by atomic mass is 9.79. The van der Waals surface area contributed by atoms with Crippen molar-refractivity contribution in [2.24, 2.45) is 0 Å². The average Bonchev–Trinajstić information content (AvgIpc) is 2.12. The number of aliphatic hydroxyl groups excluding tert-OH is 1. The molecule has 16 heavy (non-hydrogen) atoms. The molecule has 2 nitrogen and oxygen atoms in total. The van der Waals surface area contributed by atoms with E-state index in [0.29, 0.717) is 11.3 Å². The van der Waals surface area contributed by atoms with E-state index >= 15 is 0 Å². The van der Waals surface area contributed by atoms with Crippen LogP contribution in [-0.2, 0) is 0 Å². The van der Waals surface area contributed by atoms with E-state index in [1.165, 1.54) is 6.07 Å². The van der Waals surface area contributed by atoms with Crippen LogP contribution in [0.5, 0.6) is 0 Å². The van der Waals surface area contributed by atoms with Crippen LogP contribution in [0.15, 0.2) is 12.1 Å². The molecule has 1 heterocycles. The maximum Gasteiger partial charge on any atom is 0.131 e. The number of halogens is 2. The zero-order valence-corrected chi connectivity index (χ0v) is 9.51. The molecule has 1 aromatic rings. The summed E-state index contributed by atoms with van der Waals surface area (Å²) in [6.45, 7) is 5.35. The number of fused-ring (bicyclic) bond motifs is 1. The summed E-state index contributed by atoms with van der Waals surface area (Å²) in [7, 11) is 0. The number of benzene rings is 1. The first-order valence-corrected chi connectivity index (χ1v) is 5.28. The van der Waals surface area contributed by atoms with Gasteiger partial charge in [-0.15, -0.1) is 0 Å². The summed E-state index contributed by atoms with van der Waals surface area (Å²) >= 11 is 0. The third kappa shape index (κ3) is 1.57. The molecule has 4 heteroatoms. The van der Waals surface area contributed by atoms with Gasteiger partial charge in [0, 0.05) is 23.2 Å². The van der Waals surface area contributed by atoms with Crippen molar-refractivity contribution in [3.63, 3.8) is 0 Å². The Bertz CT molecular complexity index is 431. The molecule has 0 bridgehead atoms. The predicted octanol–water partition coefficient (Wildman–Crippen LogP) is 2.63. The smallest absolute Gasteiger partial charge is 0.131 e. The summed E-state index contributed by atoms with van der Waals surface area (Å²) in [6.07, 6.45) is -0.708. The highest BCUT2D eigenvalue weighted by Gasteiger charge is 2.40. The Morgan fingerprint density at radius 3 is 2.56 bits per heavy atom. The van der Waals surface area contributed by atoms with E-state index in [1.54, 1.807) is 20.8 Å². The molecule has 1 aromatic carbocycles. The second kappa shape index (κ2) is 3.42. The van der Waals surface area contributed by atoms with Gasteiger partial charge in [0.05, 0.1) is 11.6 Å². The van der Waals surface area contributed by atoms with Gasteiger partial charge < -0.3 is 10.4 Å². The predicted molar refractivity (Wildman–Crippen MR) is 58.5 cm³/mol. The molecule has 0 spiro atoms.